The molecule has 1 aromatic carbocycles. The maximum Gasteiger partial charge on any atom is 0.227 e. The summed E-state index contributed by atoms with van der Waals surface area (Å²) in [6, 6.07) is 4.50. The smallest absolute Gasteiger partial charge is 0.227 e. The highest BCUT2D eigenvalue weighted by molar-refractivity contribution is 6.31. The van der Waals surface area contributed by atoms with Crippen LogP contribution in [0.25, 0.3) is 0 Å². The molecule has 116 valence electrons. The van der Waals surface area contributed by atoms with E-state index in [1.165, 1.54) is 18.5 Å². The van der Waals surface area contributed by atoms with Crippen LogP contribution in [0.3, 0.4) is 0 Å². The molecule has 0 radical (unpaired) electrons. The van der Waals surface area contributed by atoms with Gasteiger partial charge >= 0.3 is 0 Å². The van der Waals surface area contributed by atoms with E-state index < -0.39 is 0 Å². The number of hydrogen-bond donors (Lipinski definition) is 1. The molecule has 6 nitrogen and oxygen atoms in total. The fourth-order valence-electron chi connectivity index (χ4n) is 2.77. The van der Waals surface area contributed by atoms with Crippen LogP contribution in [0.1, 0.15) is 36.7 Å². The summed E-state index contributed by atoms with van der Waals surface area (Å²) in [7, 11) is 0. The number of nitrogens with zero attached hydrogens (tertiary/aromatic N) is 3. The SMILES string of the molecule is O=C(Cc1ccc(O)cc1Cl)N1CCCCC1c1ncon1. The van der Waals surface area contributed by atoms with Gasteiger partial charge in [0.15, 0.2) is 5.82 Å². The highest BCUT2D eigenvalue weighted by Crippen LogP contribution is 2.30. The topological polar surface area (TPSA) is 79.5 Å². The molecule has 1 N–H and O–H groups in total. The minimum atomic E-state index is -0.143. The van der Waals surface area contributed by atoms with Gasteiger partial charge in [0.1, 0.15) is 5.75 Å². The molecule has 1 unspecified atom stereocenters. The number of likely N-dealkylation sites (tertiary alicyclic amines) is 1. The molecule has 7 heteroatoms. The number of phenolic OH excluding ortho intramolecular Hbond substituents is 1. The number of piperidine rings is 1. The molecule has 22 heavy (non-hydrogen) atoms. The van der Waals surface area contributed by atoms with Gasteiger partial charge in [-0.15, -0.1) is 0 Å². The van der Waals surface area contributed by atoms with E-state index in [0.717, 1.165) is 19.3 Å². The molecule has 2 heterocycles. The third-order valence-corrected chi connectivity index (χ3v) is 4.23. The average molecular weight is 322 g/mol. The lowest BCUT2D eigenvalue weighted by Gasteiger charge is -2.34. The van der Waals surface area contributed by atoms with Crippen molar-refractivity contribution in [3.05, 3.63) is 41.0 Å². The zero-order valence-corrected chi connectivity index (χ0v) is 12.7. The van der Waals surface area contributed by atoms with Gasteiger partial charge in [0.2, 0.25) is 12.3 Å². The zero-order valence-electron chi connectivity index (χ0n) is 11.9. The quantitative estimate of drug-likeness (QED) is 0.940. The molecule has 0 spiro atoms. The number of aromatic nitrogens is 2. The second-order valence-electron chi connectivity index (χ2n) is 5.34. The predicted octanol–water partition coefficient (Wildman–Crippen LogP) is 2.72. The van der Waals surface area contributed by atoms with Gasteiger partial charge in [0.05, 0.1) is 12.5 Å². The van der Waals surface area contributed by atoms with E-state index in [-0.39, 0.29) is 24.1 Å². The number of aromatic hydroxyl groups is 1. The van der Waals surface area contributed by atoms with Crippen molar-refractivity contribution in [2.45, 2.75) is 31.7 Å². The Morgan fingerprint density at radius 1 is 1.45 bits per heavy atom. The minimum absolute atomic E-state index is 0.0258. The number of halogens is 1. The second kappa shape index (κ2) is 6.36. The second-order valence-corrected chi connectivity index (χ2v) is 5.75. The molecular weight excluding hydrogens is 306 g/mol. The van der Waals surface area contributed by atoms with Gasteiger partial charge in [0, 0.05) is 11.6 Å². The van der Waals surface area contributed by atoms with Gasteiger partial charge in [-0.2, -0.15) is 4.98 Å². The Balaban J connectivity index is 1.77. The molecule has 3 rings (SSSR count). The Bertz CT molecular complexity index is 660. The van der Waals surface area contributed by atoms with E-state index in [0.29, 0.717) is 23.0 Å². The third kappa shape index (κ3) is 3.06. The van der Waals surface area contributed by atoms with Crippen LogP contribution in [-0.2, 0) is 11.2 Å². The molecule has 1 aromatic heterocycles. The van der Waals surface area contributed by atoms with E-state index in [4.69, 9.17) is 16.1 Å². The molecule has 1 aliphatic rings. The van der Waals surface area contributed by atoms with E-state index in [9.17, 15) is 9.90 Å². The maximum atomic E-state index is 12.6. The van der Waals surface area contributed by atoms with E-state index in [1.807, 2.05) is 0 Å². The Hall–Kier alpha value is -2.08. The van der Waals surface area contributed by atoms with Crippen LogP contribution in [0.4, 0.5) is 0 Å². The van der Waals surface area contributed by atoms with E-state index >= 15 is 0 Å². The van der Waals surface area contributed by atoms with Gasteiger partial charge in [-0.05, 0) is 37.0 Å². The lowest BCUT2D eigenvalue weighted by molar-refractivity contribution is -0.134. The number of rotatable bonds is 3. The van der Waals surface area contributed by atoms with E-state index in [1.54, 1.807) is 11.0 Å². The molecule has 1 amide bonds. The predicted molar refractivity (Wildman–Crippen MR) is 79.4 cm³/mol. The molecule has 1 aliphatic heterocycles. The molecule has 0 aliphatic carbocycles. The number of carbonyl (C=O) groups excluding carboxylic acids is 1. The van der Waals surface area contributed by atoms with Gasteiger partial charge < -0.3 is 14.5 Å². The minimum Gasteiger partial charge on any atom is -0.508 e. The van der Waals surface area contributed by atoms with Crippen molar-refractivity contribution in [1.82, 2.24) is 15.0 Å². The number of amides is 1. The van der Waals surface area contributed by atoms with Crippen molar-refractivity contribution in [1.29, 1.82) is 0 Å². The first-order valence-corrected chi connectivity index (χ1v) is 7.56. The standard InChI is InChI=1S/C15H16ClN3O3/c16-12-8-11(20)5-4-10(12)7-14(21)19-6-2-1-3-13(19)15-17-9-22-18-15/h4-5,8-9,13,20H,1-3,6-7H2. The summed E-state index contributed by atoms with van der Waals surface area (Å²) in [6.45, 7) is 0.674. The van der Waals surface area contributed by atoms with Crippen LogP contribution >= 0.6 is 11.6 Å². The largest absolute Gasteiger partial charge is 0.508 e. The molecule has 2 aromatic rings. The molecule has 1 fully saturated rings. The summed E-state index contributed by atoms with van der Waals surface area (Å²) in [6.07, 6.45) is 4.29. The fraction of sp³-hybridized carbons (Fsp3) is 0.400. The summed E-state index contributed by atoms with van der Waals surface area (Å²) in [5.41, 5.74) is 0.696. The van der Waals surface area contributed by atoms with Crippen LogP contribution in [0.5, 0.6) is 5.75 Å². The molecular formula is C15H16ClN3O3. The number of carbonyl (C=O) groups is 1. The first-order valence-electron chi connectivity index (χ1n) is 7.18. The molecule has 0 bridgehead atoms. The summed E-state index contributed by atoms with van der Waals surface area (Å²) < 4.78 is 4.80. The highest BCUT2D eigenvalue weighted by atomic mass is 35.5. The Labute approximate surface area is 132 Å². The number of phenols is 1. The van der Waals surface area contributed by atoms with Crippen LogP contribution in [0.15, 0.2) is 29.1 Å². The molecule has 0 saturated carbocycles. The van der Waals surface area contributed by atoms with Crippen molar-refractivity contribution in [2.24, 2.45) is 0 Å². The lowest BCUT2D eigenvalue weighted by atomic mass is 10.00. The van der Waals surface area contributed by atoms with Gasteiger partial charge in [-0.3, -0.25) is 4.79 Å². The van der Waals surface area contributed by atoms with Gasteiger partial charge in [-0.25, -0.2) is 0 Å². The summed E-state index contributed by atoms with van der Waals surface area (Å²) >= 11 is 6.08. The Morgan fingerprint density at radius 3 is 3.05 bits per heavy atom. The zero-order chi connectivity index (χ0) is 15.5. The van der Waals surface area contributed by atoms with E-state index in [2.05, 4.69) is 10.1 Å². The van der Waals surface area contributed by atoms with Crippen molar-refractivity contribution < 1.29 is 14.4 Å². The van der Waals surface area contributed by atoms with Crippen LogP contribution < -0.4 is 0 Å². The summed E-state index contributed by atoms with van der Waals surface area (Å²) in [5, 5.41) is 13.6. The molecule has 1 atom stereocenters. The molecule has 1 saturated heterocycles. The summed E-state index contributed by atoms with van der Waals surface area (Å²) in [5.74, 6) is 0.607. The number of hydrogen-bond acceptors (Lipinski definition) is 5. The summed E-state index contributed by atoms with van der Waals surface area (Å²) in [4.78, 5) is 18.5. The monoisotopic (exact) mass is 321 g/mol. The van der Waals surface area contributed by atoms with Crippen molar-refractivity contribution in [3.63, 3.8) is 0 Å². The van der Waals surface area contributed by atoms with Gasteiger partial charge in [-0.1, -0.05) is 22.8 Å². The maximum absolute atomic E-state index is 12.6. The third-order valence-electron chi connectivity index (χ3n) is 3.88. The fourth-order valence-corrected chi connectivity index (χ4v) is 3.01. The highest BCUT2D eigenvalue weighted by Gasteiger charge is 2.30. The van der Waals surface area contributed by atoms with Gasteiger partial charge in [0.25, 0.3) is 0 Å². The first-order chi connectivity index (χ1) is 10.6. The van der Waals surface area contributed by atoms with Crippen molar-refractivity contribution >= 4 is 17.5 Å². The Morgan fingerprint density at radius 2 is 2.32 bits per heavy atom. The van der Waals surface area contributed by atoms with Crippen molar-refractivity contribution in [3.8, 4) is 5.75 Å². The normalized spacial score (nSPS) is 18.4. The van der Waals surface area contributed by atoms with Crippen molar-refractivity contribution in [2.75, 3.05) is 6.54 Å². The van der Waals surface area contributed by atoms with Crippen LogP contribution in [0, 0.1) is 0 Å². The first kappa shape index (κ1) is 14.8. The van der Waals surface area contributed by atoms with Crippen LogP contribution in [0.2, 0.25) is 5.02 Å². The average Bonchev–Trinajstić information content (AvgIpc) is 3.04. The van der Waals surface area contributed by atoms with Crippen LogP contribution in [-0.4, -0.2) is 32.6 Å². The Kier molecular flexibility index (Phi) is 4.29. The lowest BCUT2D eigenvalue weighted by Crippen LogP contribution is -2.39. The number of benzene rings is 1.